The van der Waals surface area contributed by atoms with E-state index in [1.54, 1.807) is 6.07 Å². The molecule has 3 aromatic carbocycles. The van der Waals surface area contributed by atoms with Crippen molar-refractivity contribution in [3.05, 3.63) is 82.0 Å². The summed E-state index contributed by atoms with van der Waals surface area (Å²) in [5, 5.41) is 22.0. The number of aryl methyl sites for hydroxylation is 3. The monoisotopic (exact) mass is 774 g/mol. The molecular formula is C44H56ClFN4O5. The van der Waals surface area contributed by atoms with Gasteiger partial charge in [-0.25, -0.2) is 9.18 Å². The molecule has 7 rings (SSSR count). The first-order valence-electron chi connectivity index (χ1n) is 20.1. The summed E-state index contributed by atoms with van der Waals surface area (Å²) in [4.78, 5) is 13.1. The van der Waals surface area contributed by atoms with Crippen LogP contribution in [0.4, 0.5) is 4.39 Å². The number of nitrogens with zero attached hydrogens (tertiary/aromatic N) is 3. The Labute approximate surface area is 329 Å². The van der Waals surface area contributed by atoms with E-state index in [4.69, 9.17) is 30.9 Å². The maximum absolute atomic E-state index is 13.8. The Hall–Kier alpha value is -3.96. The largest absolute Gasteiger partial charge is 0.493 e. The Morgan fingerprint density at radius 3 is 2.53 bits per heavy atom. The molecule has 2 aliphatic heterocycles. The average Bonchev–Trinajstić information content (AvgIpc) is 3.67. The molecule has 0 spiro atoms. The maximum atomic E-state index is 13.8. The molecule has 0 aliphatic carbocycles. The van der Waals surface area contributed by atoms with Gasteiger partial charge in [0.05, 0.1) is 22.8 Å². The van der Waals surface area contributed by atoms with Crippen LogP contribution in [0.1, 0.15) is 99.3 Å². The molecule has 9 nitrogen and oxygen atoms in total. The SMILES string of the molecule is CCNCC.CCc1c2c(nn1C)C(CCC1CCOCC1)OCCCCn1c(C(=O)O)c(CCCOc3cccc4cc(F)ccc34)c3ccc(Cl)c-2c31. The second kappa shape index (κ2) is 19.3. The van der Waals surface area contributed by atoms with Crippen LogP contribution in [0.5, 0.6) is 5.75 Å². The molecule has 1 atom stereocenters. The second-order valence-electron chi connectivity index (χ2n) is 14.5. The number of halogens is 2. The van der Waals surface area contributed by atoms with E-state index in [1.165, 1.54) is 12.1 Å². The molecule has 5 aromatic rings. The van der Waals surface area contributed by atoms with Gasteiger partial charge < -0.3 is 29.2 Å². The molecule has 1 fully saturated rings. The van der Waals surface area contributed by atoms with Crippen LogP contribution in [0.3, 0.4) is 0 Å². The number of benzene rings is 3. The summed E-state index contributed by atoms with van der Waals surface area (Å²) in [6, 6.07) is 14.1. The minimum Gasteiger partial charge on any atom is -0.493 e. The van der Waals surface area contributed by atoms with Crippen LogP contribution >= 0.6 is 11.6 Å². The lowest BCUT2D eigenvalue weighted by Gasteiger charge is -2.24. The zero-order valence-electron chi connectivity index (χ0n) is 32.8. The van der Waals surface area contributed by atoms with Crippen LogP contribution in [-0.2, 0) is 35.9 Å². The molecule has 2 aliphatic rings. The van der Waals surface area contributed by atoms with Crippen LogP contribution in [0.25, 0.3) is 32.8 Å². The summed E-state index contributed by atoms with van der Waals surface area (Å²) in [6.07, 6.45) is 7.20. The molecule has 4 heterocycles. The first kappa shape index (κ1) is 40.7. The fourth-order valence-electron chi connectivity index (χ4n) is 8.29. The summed E-state index contributed by atoms with van der Waals surface area (Å²) >= 11 is 7.18. The molecule has 2 N–H and O–H groups in total. The van der Waals surface area contributed by atoms with Crippen LogP contribution in [0.2, 0.25) is 5.02 Å². The van der Waals surface area contributed by atoms with Gasteiger partial charge in [0, 0.05) is 61.0 Å². The summed E-state index contributed by atoms with van der Waals surface area (Å²) < 4.78 is 36.2. The molecule has 55 heavy (non-hydrogen) atoms. The third-order valence-electron chi connectivity index (χ3n) is 11.0. The fourth-order valence-corrected chi connectivity index (χ4v) is 8.53. The van der Waals surface area contributed by atoms with Crippen molar-refractivity contribution in [2.24, 2.45) is 13.0 Å². The molecule has 11 heteroatoms. The number of fused-ring (bicyclic) bond motifs is 3. The standard InChI is InChI=1S/C40H45ClFN3O5.C4H11N/c1-3-32-36-35-31(41)15-14-30-29(9-7-21-49-33-10-6-8-26-24-27(42)12-13-28(26)33)39(40(46)47)45(38(30)35)19-4-5-20-50-34(37(36)43-44(32)2)16-11-25-17-22-48-23-18-25;1-3-5-4-2/h6,8,10,12-15,24-25,34H,3-5,7,9,11,16-23H2,1-2H3,(H,46,47);5H,3-4H2,1-2H3. The van der Waals surface area contributed by atoms with E-state index in [2.05, 4.69) is 26.1 Å². The van der Waals surface area contributed by atoms with E-state index in [1.807, 2.05) is 46.6 Å². The van der Waals surface area contributed by atoms with Gasteiger partial charge in [0.15, 0.2) is 0 Å². The zero-order chi connectivity index (χ0) is 38.9. The van der Waals surface area contributed by atoms with E-state index in [9.17, 15) is 14.3 Å². The summed E-state index contributed by atoms with van der Waals surface area (Å²) in [5.41, 5.74) is 5.63. The highest BCUT2D eigenvalue weighted by atomic mass is 35.5. The predicted molar refractivity (Wildman–Crippen MR) is 218 cm³/mol. The molecule has 0 radical (unpaired) electrons. The van der Waals surface area contributed by atoms with Crippen molar-refractivity contribution < 1.29 is 28.5 Å². The van der Waals surface area contributed by atoms with Crippen molar-refractivity contribution in [2.75, 3.05) is 39.5 Å². The number of aromatic carboxylic acids is 1. The highest BCUT2D eigenvalue weighted by Gasteiger charge is 2.32. The van der Waals surface area contributed by atoms with Gasteiger partial charge in [0.2, 0.25) is 0 Å². The van der Waals surface area contributed by atoms with Gasteiger partial charge in [0.1, 0.15) is 23.4 Å². The van der Waals surface area contributed by atoms with Gasteiger partial charge in [0.25, 0.3) is 0 Å². The normalized spacial score (nSPS) is 16.4. The van der Waals surface area contributed by atoms with Crippen molar-refractivity contribution in [3.8, 4) is 16.9 Å². The zero-order valence-corrected chi connectivity index (χ0v) is 33.5. The lowest BCUT2D eigenvalue weighted by Crippen LogP contribution is -2.17. The highest BCUT2D eigenvalue weighted by molar-refractivity contribution is 6.35. The fraction of sp³-hybridized carbons (Fsp3) is 0.500. The van der Waals surface area contributed by atoms with Gasteiger partial charge >= 0.3 is 5.97 Å². The van der Waals surface area contributed by atoms with Crippen molar-refractivity contribution in [1.82, 2.24) is 19.7 Å². The van der Waals surface area contributed by atoms with Crippen molar-refractivity contribution in [2.45, 2.75) is 91.2 Å². The summed E-state index contributed by atoms with van der Waals surface area (Å²) in [6.45, 7) is 11.6. The number of carboxylic acids is 1. The predicted octanol–water partition coefficient (Wildman–Crippen LogP) is 9.93. The number of rotatable bonds is 12. The number of aromatic nitrogens is 3. The number of hydrogen-bond donors (Lipinski definition) is 2. The van der Waals surface area contributed by atoms with Gasteiger partial charge in [-0.15, -0.1) is 0 Å². The first-order chi connectivity index (χ1) is 26.8. The Kier molecular flexibility index (Phi) is 14.3. The van der Waals surface area contributed by atoms with E-state index in [0.717, 1.165) is 121 Å². The van der Waals surface area contributed by atoms with Gasteiger partial charge in [-0.05, 0) is 118 Å². The second-order valence-corrected chi connectivity index (χ2v) is 14.9. The third kappa shape index (κ3) is 9.20. The van der Waals surface area contributed by atoms with Crippen molar-refractivity contribution >= 4 is 39.2 Å². The smallest absolute Gasteiger partial charge is 0.352 e. The topological polar surface area (TPSA) is 99.8 Å². The summed E-state index contributed by atoms with van der Waals surface area (Å²) in [7, 11) is 1.97. The Morgan fingerprint density at radius 1 is 1.02 bits per heavy atom. The lowest BCUT2D eigenvalue weighted by atomic mass is 9.90. The summed E-state index contributed by atoms with van der Waals surface area (Å²) in [5.74, 6) is 0.0237. The minimum atomic E-state index is -0.960. The van der Waals surface area contributed by atoms with E-state index in [0.29, 0.717) is 55.0 Å². The molecular weight excluding hydrogens is 719 g/mol. The number of nitrogens with one attached hydrogen (secondary N) is 1. The first-order valence-corrected chi connectivity index (χ1v) is 20.5. The molecule has 0 amide bonds. The van der Waals surface area contributed by atoms with E-state index < -0.39 is 5.97 Å². The number of carboxylic acid groups (broad SMARTS) is 1. The molecule has 1 unspecified atom stereocenters. The molecule has 296 valence electrons. The van der Waals surface area contributed by atoms with E-state index >= 15 is 0 Å². The van der Waals surface area contributed by atoms with Crippen LogP contribution in [0, 0.1) is 11.7 Å². The van der Waals surface area contributed by atoms with Crippen LogP contribution in [0.15, 0.2) is 48.5 Å². The van der Waals surface area contributed by atoms with Crippen LogP contribution < -0.4 is 10.1 Å². The van der Waals surface area contributed by atoms with Crippen molar-refractivity contribution in [1.29, 1.82) is 0 Å². The number of hydrogen-bond acceptors (Lipinski definition) is 6. The van der Waals surface area contributed by atoms with Gasteiger partial charge in [-0.3, -0.25) is 4.68 Å². The lowest BCUT2D eigenvalue weighted by molar-refractivity contribution is 0.0246. The quantitative estimate of drug-likeness (QED) is 0.122. The van der Waals surface area contributed by atoms with Gasteiger partial charge in [-0.1, -0.05) is 50.6 Å². The molecule has 2 aromatic heterocycles. The Bertz CT molecular complexity index is 2070. The average molecular weight is 775 g/mol. The maximum Gasteiger partial charge on any atom is 0.352 e. The Morgan fingerprint density at radius 2 is 1.80 bits per heavy atom. The number of carbonyl (C=O) groups is 1. The number of ether oxygens (including phenoxy) is 3. The molecule has 0 bridgehead atoms. The third-order valence-corrected chi connectivity index (χ3v) is 11.3. The molecule has 1 saturated heterocycles. The van der Waals surface area contributed by atoms with E-state index in [-0.39, 0.29) is 11.9 Å². The van der Waals surface area contributed by atoms with Crippen LogP contribution in [-0.4, -0.2) is 64.9 Å². The van der Waals surface area contributed by atoms with Crippen molar-refractivity contribution in [3.63, 3.8) is 0 Å². The highest BCUT2D eigenvalue weighted by Crippen LogP contribution is 2.45. The Balaban J connectivity index is 0.000000967. The van der Waals surface area contributed by atoms with Gasteiger partial charge in [-0.2, -0.15) is 5.10 Å². The minimum absolute atomic E-state index is 0.201. The molecule has 0 saturated carbocycles.